The number of carbonyl (C=O) groups excluding carboxylic acids is 2. The molecular weight excluding hydrogens is 587 g/mol. The zero-order chi connectivity index (χ0) is 25.5. The van der Waals surface area contributed by atoms with Crippen molar-refractivity contribution in [3.8, 4) is 0 Å². The van der Waals surface area contributed by atoms with Gasteiger partial charge in [0.2, 0.25) is 11.8 Å². The van der Waals surface area contributed by atoms with E-state index < -0.39 is 7.92 Å². The van der Waals surface area contributed by atoms with Gasteiger partial charge in [-0.15, -0.1) is 0 Å². The molecule has 3 atom stereocenters. The SMILES string of the molecule is O=C1CCC(=O)N2[C@H]([C]3[CH][CH][CH][CH]3)P(c3ccccc3)[C@H]([C]3[CH][CH][CH][CH]3)N12.[CH]1[CH][CH][CH][CH]1.[CH]1[CH][CH][CH][CH]1.[Fe+2].[Fe+2]. The normalized spacial score (nSPS) is 28.7. The van der Waals surface area contributed by atoms with Crippen LogP contribution < -0.4 is 5.30 Å². The number of rotatable bonds is 3. The fourth-order valence-corrected chi connectivity index (χ4v) is 8.10. The third kappa shape index (κ3) is 8.13. The molecule has 4 nitrogen and oxygen atoms in total. The summed E-state index contributed by atoms with van der Waals surface area (Å²) in [6, 6.07) is 10.3. The minimum Gasteiger partial charge on any atom is -0.273 e. The Morgan fingerprint density at radius 2 is 0.846 bits per heavy atom. The van der Waals surface area contributed by atoms with Crippen molar-refractivity contribution in [2.45, 2.75) is 24.4 Å². The van der Waals surface area contributed by atoms with E-state index in [-0.39, 0.29) is 70.4 Å². The Hall–Kier alpha value is -0.371. The summed E-state index contributed by atoms with van der Waals surface area (Å²) < 4.78 is 0. The summed E-state index contributed by atoms with van der Waals surface area (Å²) in [7, 11) is -0.862. The van der Waals surface area contributed by atoms with Gasteiger partial charge in [0, 0.05) is 24.7 Å². The van der Waals surface area contributed by atoms with Crippen LogP contribution in [0.5, 0.6) is 0 Å². The molecule has 1 aromatic carbocycles. The van der Waals surface area contributed by atoms with Crippen molar-refractivity contribution in [3.63, 3.8) is 0 Å². The summed E-state index contributed by atoms with van der Waals surface area (Å²) in [4.78, 5) is 25.9. The Morgan fingerprint density at radius 1 is 0.513 bits per heavy atom. The second-order valence-corrected chi connectivity index (χ2v) is 11.1. The van der Waals surface area contributed by atoms with Crippen molar-refractivity contribution in [1.82, 2.24) is 10.0 Å². The molecule has 39 heavy (non-hydrogen) atoms. The fraction of sp³-hybridized carbons (Fsp3) is 0.125. The van der Waals surface area contributed by atoms with Gasteiger partial charge in [-0.2, -0.15) is 0 Å². The number of nitrogens with zero attached hydrogens (tertiary/aromatic N) is 2. The van der Waals surface area contributed by atoms with Crippen LogP contribution in [0.4, 0.5) is 0 Å². The number of amides is 2. The molecule has 0 N–H and O–H groups in total. The van der Waals surface area contributed by atoms with Gasteiger partial charge < -0.3 is 0 Å². The van der Waals surface area contributed by atoms with Gasteiger partial charge in [-0.25, -0.2) is 10.0 Å². The van der Waals surface area contributed by atoms with Crippen molar-refractivity contribution in [2.75, 3.05) is 0 Å². The molecule has 1 aromatic rings. The van der Waals surface area contributed by atoms with Crippen molar-refractivity contribution in [3.05, 3.63) is 158 Å². The molecule has 2 heterocycles. The van der Waals surface area contributed by atoms with E-state index in [4.69, 9.17) is 0 Å². The van der Waals surface area contributed by atoms with Gasteiger partial charge in [0.15, 0.2) is 0 Å². The van der Waals surface area contributed by atoms with Crippen molar-refractivity contribution in [1.29, 1.82) is 0 Å². The van der Waals surface area contributed by atoms with Crippen LogP contribution in [0.25, 0.3) is 0 Å². The van der Waals surface area contributed by atoms with Gasteiger partial charge >= 0.3 is 34.1 Å². The number of hydrogen-bond acceptors (Lipinski definition) is 2. The molecule has 4 aliphatic carbocycles. The molecular formula is C32H29Fe2N2O2P+4. The van der Waals surface area contributed by atoms with Gasteiger partial charge in [-0.3, -0.25) is 9.59 Å². The monoisotopic (exact) mass is 616 g/mol. The van der Waals surface area contributed by atoms with E-state index in [1.807, 2.05) is 108 Å². The molecule has 2 saturated heterocycles. The van der Waals surface area contributed by atoms with E-state index in [9.17, 15) is 9.59 Å². The molecule has 1 unspecified atom stereocenters. The van der Waals surface area contributed by atoms with Crippen molar-refractivity contribution < 1.29 is 43.7 Å². The number of benzene rings is 1. The molecule has 6 fully saturated rings. The number of carbonyl (C=O) groups is 2. The maximum absolute atomic E-state index is 13.0. The average molecular weight is 616 g/mol. The van der Waals surface area contributed by atoms with Gasteiger partial charge in [0.25, 0.3) is 0 Å². The minimum atomic E-state index is -0.862. The Kier molecular flexibility index (Phi) is 14.4. The molecule has 4 saturated carbocycles. The molecule has 0 aromatic heterocycles. The smallest absolute Gasteiger partial charge is 0.273 e. The van der Waals surface area contributed by atoms with Crippen LogP contribution in [0.2, 0.25) is 0 Å². The van der Waals surface area contributed by atoms with Crippen LogP contribution in [-0.4, -0.2) is 33.4 Å². The molecule has 20 radical (unpaired) electrons. The predicted octanol–water partition coefficient (Wildman–Crippen LogP) is 4.67. The van der Waals surface area contributed by atoms with E-state index >= 15 is 0 Å². The third-order valence-corrected chi connectivity index (χ3v) is 9.41. The van der Waals surface area contributed by atoms with Crippen LogP contribution in [0.15, 0.2) is 30.3 Å². The summed E-state index contributed by atoms with van der Waals surface area (Å²) in [5.41, 5.74) is 0. The molecule has 7 rings (SSSR count). The van der Waals surface area contributed by atoms with Crippen LogP contribution in [0.3, 0.4) is 0 Å². The van der Waals surface area contributed by atoms with Gasteiger partial charge in [0.05, 0.1) is 11.6 Å². The van der Waals surface area contributed by atoms with Crippen molar-refractivity contribution >= 4 is 25.0 Å². The number of hydrogen-bond donors (Lipinski definition) is 0. The molecule has 196 valence electrons. The molecule has 2 amide bonds. The first-order chi connectivity index (χ1) is 18.3. The maximum Gasteiger partial charge on any atom is 2.00 e. The number of fused-ring (bicyclic) bond motifs is 1. The van der Waals surface area contributed by atoms with Gasteiger partial charge in [-0.05, 0) is 129 Å². The third-order valence-electron chi connectivity index (χ3n) is 6.42. The van der Waals surface area contributed by atoms with Crippen LogP contribution >= 0.6 is 7.92 Å². The standard InChI is InChI=1S/C22H19N2O2P.2C5H5.2Fe/c25-19-14-15-20(26)24-22(17-10-6-7-11-17)27(18-12-2-1-3-13-18)21(23(19)24)16-8-4-5-9-16;2*1-2-4-5-3-1;;/h1-13,21-22H,14-15H2;2*1-5H;;/q;;;2*+2/t21-,22+,27?;;;;. The molecule has 2 aliphatic heterocycles. The van der Waals surface area contributed by atoms with Crippen molar-refractivity contribution in [2.24, 2.45) is 0 Å². The molecule has 7 heteroatoms. The Morgan fingerprint density at radius 3 is 1.18 bits per heavy atom. The van der Waals surface area contributed by atoms with Crippen LogP contribution in [0.1, 0.15) is 12.8 Å². The topological polar surface area (TPSA) is 40.6 Å². The summed E-state index contributed by atoms with van der Waals surface area (Å²) in [6.07, 6.45) is 36.9. The molecule has 0 spiro atoms. The fourth-order valence-electron chi connectivity index (χ4n) is 4.81. The van der Waals surface area contributed by atoms with E-state index in [0.29, 0.717) is 0 Å². The summed E-state index contributed by atoms with van der Waals surface area (Å²) in [6.45, 7) is 0. The van der Waals surface area contributed by atoms with Crippen LogP contribution in [0, 0.1) is 127 Å². The second-order valence-electron chi connectivity index (χ2n) is 8.83. The Balaban J connectivity index is 0.000000295. The Labute approximate surface area is 259 Å². The first-order valence-corrected chi connectivity index (χ1v) is 14.0. The summed E-state index contributed by atoms with van der Waals surface area (Å²) >= 11 is 0. The average Bonchev–Trinajstić information content (AvgIpc) is 3.78. The largest absolute Gasteiger partial charge is 2.00 e. The molecule has 6 aliphatic rings. The van der Waals surface area contributed by atoms with Gasteiger partial charge in [0.1, 0.15) is 0 Å². The summed E-state index contributed by atoms with van der Waals surface area (Å²) in [5, 5.41) is 4.73. The van der Waals surface area contributed by atoms with E-state index in [2.05, 4.69) is 37.8 Å². The molecule has 0 bridgehead atoms. The Bertz CT molecular complexity index is 801. The number of hydrazine groups is 1. The zero-order valence-corrected chi connectivity index (χ0v) is 24.3. The van der Waals surface area contributed by atoms with E-state index in [1.165, 1.54) is 5.30 Å². The van der Waals surface area contributed by atoms with E-state index in [0.717, 1.165) is 11.8 Å². The quantitative estimate of drug-likeness (QED) is 0.366. The summed E-state index contributed by atoms with van der Waals surface area (Å²) in [5.74, 6) is 2.05. The first kappa shape index (κ1) is 33.1. The first-order valence-electron chi connectivity index (χ1n) is 12.5. The second kappa shape index (κ2) is 16.9. The van der Waals surface area contributed by atoms with Crippen LogP contribution in [-0.2, 0) is 43.7 Å². The minimum absolute atomic E-state index is 0. The van der Waals surface area contributed by atoms with E-state index in [1.54, 1.807) is 10.0 Å². The zero-order valence-electron chi connectivity index (χ0n) is 21.2. The van der Waals surface area contributed by atoms with Gasteiger partial charge in [-0.1, -0.05) is 30.3 Å². The maximum atomic E-state index is 13.0. The predicted molar refractivity (Wildman–Crippen MR) is 147 cm³/mol.